The van der Waals surface area contributed by atoms with Crippen LogP contribution in [0.1, 0.15) is 30.4 Å². The first-order valence-corrected chi connectivity index (χ1v) is 11.7. The van der Waals surface area contributed by atoms with Crippen molar-refractivity contribution in [1.82, 2.24) is 14.5 Å². The third-order valence-corrected chi connectivity index (χ3v) is 7.00. The van der Waals surface area contributed by atoms with Crippen molar-refractivity contribution < 1.29 is 4.79 Å². The second kappa shape index (κ2) is 8.12. The van der Waals surface area contributed by atoms with E-state index >= 15 is 0 Å². The first-order valence-electron chi connectivity index (χ1n) is 9.97. The van der Waals surface area contributed by atoms with E-state index in [4.69, 9.17) is 0 Å². The molecule has 0 bridgehead atoms. The van der Waals surface area contributed by atoms with Crippen molar-refractivity contribution in [2.45, 2.75) is 38.6 Å². The lowest BCUT2D eigenvalue weighted by Crippen LogP contribution is -2.23. The number of nitrogens with zero attached hydrogens (tertiary/aromatic N) is 3. The smallest absolute Gasteiger partial charge is 0.262 e. The van der Waals surface area contributed by atoms with E-state index in [-0.39, 0.29) is 24.4 Å². The summed E-state index contributed by atoms with van der Waals surface area (Å²) in [5.41, 5.74) is 4.72. The molecule has 8 heteroatoms. The molecule has 0 saturated carbocycles. The van der Waals surface area contributed by atoms with Crippen LogP contribution in [-0.2, 0) is 24.2 Å². The molecule has 1 aliphatic carbocycles. The highest BCUT2D eigenvalue weighted by molar-refractivity contribution is 7.16. The summed E-state index contributed by atoms with van der Waals surface area (Å²) in [7, 11) is 0. The molecule has 1 N–H and O–H groups in total. The van der Waals surface area contributed by atoms with Crippen molar-refractivity contribution in [3.63, 3.8) is 0 Å². The Bertz CT molecular complexity index is 1290. The van der Waals surface area contributed by atoms with E-state index in [1.54, 1.807) is 6.07 Å². The van der Waals surface area contributed by atoms with E-state index in [1.807, 2.05) is 10.8 Å². The first kappa shape index (κ1) is 19.1. The molecular weight excluding hydrogens is 416 g/mol. The van der Waals surface area contributed by atoms with Gasteiger partial charge in [0, 0.05) is 23.9 Å². The largest absolute Gasteiger partial charge is 0.302 e. The minimum atomic E-state index is -0.168. The average molecular weight is 437 g/mol. The lowest BCUT2D eigenvalue weighted by molar-refractivity contribution is -0.116. The Kier molecular flexibility index (Phi) is 5.18. The molecule has 3 aromatic heterocycles. The number of hydrogen-bond acceptors (Lipinski definition) is 6. The number of thiazole rings is 1. The Morgan fingerprint density at radius 1 is 1.13 bits per heavy atom. The van der Waals surface area contributed by atoms with E-state index in [9.17, 15) is 9.59 Å². The molecule has 0 saturated heterocycles. The fourth-order valence-corrected chi connectivity index (χ4v) is 5.27. The SMILES string of the molecule is O=C(CCn1cnc2sccc2c1=O)Nc1nc(-c2ccc3c(c2)CCCC3)cs1. The molecule has 0 spiro atoms. The van der Waals surface area contributed by atoms with Crippen LogP contribution in [0.3, 0.4) is 0 Å². The van der Waals surface area contributed by atoms with Gasteiger partial charge in [-0.25, -0.2) is 9.97 Å². The van der Waals surface area contributed by atoms with E-state index < -0.39 is 0 Å². The van der Waals surface area contributed by atoms with Crippen LogP contribution in [0.2, 0.25) is 0 Å². The predicted octanol–water partition coefficient (Wildman–Crippen LogP) is 4.49. The molecule has 6 nitrogen and oxygen atoms in total. The summed E-state index contributed by atoms with van der Waals surface area (Å²) in [5, 5.41) is 7.84. The maximum atomic E-state index is 12.4. The van der Waals surface area contributed by atoms with Crippen molar-refractivity contribution in [3.05, 3.63) is 62.8 Å². The van der Waals surface area contributed by atoms with Gasteiger partial charge < -0.3 is 5.32 Å². The Morgan fingerprint density at radius 3 is 2.90 bits per heavy atom. The standard InChI is InChI=1S/C22H20N4O2S2/c27-19(7-9-26-13-23-20-17(21(26)28)8-10-29-20)25-22-24-18(12-30-22)16-6-5-14-3-1-2-4-15(14)11-16/h5-6,8,10-13H,1-4,7,9H2,(H,24,25,27). The number of carbonyl (C=O) groups is 1. The van der Waals surface area contributed by atoms with Gasteiger partial charge in [-0.1, -0.05) is 12.1 Å². The summed E-state index contributed by atoms with van der Waals surface area (Å²) < 4.78 is 1.48. The second-order valence-corrected chi connectivity index (χ2v) is 9.16. The molecule has 30 heavy (non-hydrogen) atoms. The van der Waals surface area contributed by atoms with Crippen molar-refractivity contribution >= 4 is 43.9 Å². The number of amides is 1. The Morgan fingerprint density at radius 2 is 2.00 bits per heavy atom. The minimum absolute atomic E-state index is 0.113. The molecular formula is C22H20N4O2S2. The Labute approximate surface area is 181 Å². The highest BCUT2D eigenvalue weighted by Crippen LogP contribution is 2.29. The fourth-order valence-electron chi connectivity index (χ4n) is 3.81. The number of benzene rings is 1. The van der Waals surface area contributed by atoms with Crippen LogP contribution < -0.4 is 10.9 Å². The molecule has 0 fully saturated rings. The van der Waals surface area contributed by atoms with Gasteiger partial charge >= 0.3 is 0 Å². The summed E-state index contributed by atoms with van der Waals surface area (Å²) in [6.07, 6.45) is 6.49. The normalized spacial score (nSPS) is 13.3. The van der Waals surface area contributed by atoms with Crippen LogP contribution >= 0.6 is 22.7 Å². The second-order valence-electron chi connectivity index (χ2n) is 7.41. The van der Waals surface area contributed by atoms with Crippen LogP contribution in [0.5, 0.6) is 0 Å². The summed E-state index contributed by atoms with van der Waals surface area (Å²) in [6.45, 7) is 0.284. The summed E-state index contributed by atoms with van der Waals surface area (Å²) in [5.74, 6) is -0.168. The molecule has 4 aromatic rings. The zero-order valence-electron chi connectivity index (χ0n) is 16.3. The lowest BCUT2D eigenvalue weighted by atomic mass is 9.90. The molecule has 1 amide bonds. The van der Waals surface area contributed by atoms with Gasteiger partial charge in [-0.05, 0) is 54.3 Å². The van der Waals surface area contributed by atoms with Gasteiger partial charge in [0.2, 0.25) is 5.91 Å². The van der Waals surface area contributed by atoms with Crippen molar-refractivity contribution in [2.75, 3.05) is 5.32 Å². The van der Waals surface area contributed by atoms with Gasteiger partial charge in [0.15, 0.2) is 5.13 Å². The van der Waals surface area contributed by atoms with Crippen molar-refractivity contribution in [2.24, 2.45) is 0 Å². The molecule has 0 unspecified atom stereocenters. The van der Waals surface area contributed by atoms with Crippen molar-refractivity contribution in [1.29, 1.82) is 0 Å². The number of aryl methyl sites for hydroxylation is 3. The Balaban J connectivity index is 1.24. The van der Waals surface area contributed by atoms with E-state index in [0.29, 0.717) is 10.5 Å². The maximum absolute atomic E-state index is 12.4. The molecule has 0 aliphatic heterocycles. The summed E-state index contributed by atoms with van der Waals surface area (Å²) in [4.78, 5) is 34.4. The molecule has 1 aromatic carbocycles. The third kappa shape index (κ3) is 3.80. The van der Waals surface area contributed by atoms with Crippen LogP contribution in [-0.4, -0.2) is 20.4 Å². The van der Waals surface area contributed by atoms with Gasteiger partial charge in [-0.15, -0.1) is 22.7 Å². The first-order chi connectivity index (χ1) is 14.7. The van der Waals surface area contributed by atoms with Gasteiger partial charge in [0.25, 0.3) is 5.56 Å². The van der Waals surface area contributed by atoms with Gasteiger partial charge in [0.05, 0.1) is 17.4 Å². The number of rotatable bonds is 5. The number of carbonyl (C=O) groups excluding carboxylic acids is 1. The van der Waals surface area contributed by atoms with Crippen LogP contribution in [0.4, 0.5) is 5.13 Å². The summed E-state index contributed by atoms with van der Waals surface area (Å²) in [6, 6.07) is 8.32. The van der Waals surface area contributed by atoms with Gasteiger partial charge in [-0.3, -0.25) is 14.2 Å². The highest BCUT2D eigenvalue weighted by atomic mass is 32.1. The van der Waals surface area contributed by atoms with Crippen molar-refractivity contribution in [3.8, 4) is 11.3 Å². The third-order valence-electron chi connectivity index (χ3n) is 5.42. The maximum Gasteiger partial charge on any atom is 0.262 e. The van der Waals surface area contributed by atoms with Crippen LogP contribution in [0, 0.1) is 0 Å². The molecule has 1 aliphatic rings. The summed E-state index contributed by atoms with van der Waals surface area (Å²) >= 11 is 2.85. The quantitative estimate of drug-likeness (QED) is 0.500. The molecule has 5 rings (SSSR count). The van der Waals surface area contributed by atoms with Crippen LogP contribution in [0.25, 0.3) is 21.5 Å². The number of fused-ring (bicyclic) bond motifs is 2. The minimum Gasteiger partial charge on any atom is -0.302 e. The van der Waals surface area contributed by atoms with Crippen LogP contribution in [0.15, 0.2) is 46.1 Å². The van der Waals surface area contributed by atoms with Gasteiger partial charge in [0.1, 0.15) is 4.83 Å². The average Bonchev–Trinajstić information content (AvgIpc) is 3.43. The molecule has 0 radical (unpaired) electrons. The number of anilines is 1. The zero-order chi connectivity index (χ0) is 20.5. The fraction of sp³-hybridized carbons (Fsp3) is 0.273. The highest BCUT2D eigenvalue weighted by Gasteiger charge is 2.13. The number of thiophene rings is 1. The topological polar surface area (TPSA) is 76.9 Å². The van der Waals surface area contributed by atoms with E-state index in [0.717, 1.165) is 28.9 Å². The molecule has 3 heterocycles. The van der Waals surface area contributed by atoms with E-state index in [1.165, 1.54) is 57.5 Å². The zero-order valence-corrected chi connectivity index (χ0v) is 17.9. The predicted molar refractivity (Wildman–Crippen MR) is 121 cm³/mol. The lowest BCUT2D eigenvalue weighted by Gasteiger charge is -2.16. The molecule has 0 atom stereocenters. The van der Waals surface area contributed by atoms with E-state index in [2.05, 4.69) is 33.5 Å². The monoisotopic (exact) mass is 436 g/mol. The number of aromatic nitrogens is 3. The van der Waals surface area contributed by atoms with Gasteiger partial charge in [-0.2, -0.15) is 0 Å². The number of nitrogens with one attached hydrogen (secondary N) is 1. The Hall–Kier alpha value is -2.84. The number of hydrogen-bond donors (Lipinski definition) is 1. The molecule has 152 valence electrons.